The van der Waals surface area contributed by atoms with Gasteiger partial charge >= 0.3 is 0 Å². The molecule has 1 unspecified atom stereocenters. The summed E-state index contributed by atoms with van der Waals surface area (Å²) in [5.74, 6) is -1.17. The number of nitrogens with zero attached hydrogens (tertiary/aromatic N) is 1. The number of hydrogen-bond donors (Lipinski definition) is 2. The number of carbonyl (C=O) groups excluding carboxylic acids is 2. The molecular formula is C26H25F2N3O2. The normalized spacial score (nSPS) is 15.6. The molecule has 2 N–H and O–H groups in total. The molecule has 1 heterocycles. The molecule has 5 nitrogen and oxygen atoms in total. The number of likely N-dealkylation sites (tertiary alicyclic amines) is 1. The summed E-state index contributed by atoms with van der Waals surface area (Å²) < 4.78 is 26.3. The van der Waals surface area contributed by atoms with Gasteiger partial charge in [0.2, 0.25) is 5.91 Å². The molecule has 170 valence electrons. The molecule has 0 aliphatic carbocycles. The first-order chi connectivity index (χ1) is 16.0. The monoisotopic (exact) mass is 449 g/mol. The van der Waals surface area contributed by atoms with E-state index in [9.17, 15) is 18.4 Å². The summed E-state index contributed by atoms with van der Waals surface area (Å²) in [4.78, 5) is 27.8. The number of rotatable bonds is 6. The zero-order valence-electron chi connectivity index (χ0n) is 18.0. The molecule has 3 aromatic carbocycles. The van der Waals surface area contributed by atoms with Crippen LogP contribution in [0.1, 0.15) is 34.8 Å². The Hall–Kier alpha value is -3.58. The molecule has 2 amide bonds. The van der Waals surface area contributed by atoms with Gasteiger partial charge in [0.15, 0.2) is 0 Å². The van der Waals surface area contributed by atoms with Gasteiger partial charge in [-0.1, -0.05) is 30.3 Å². The molecule has 33 heavy (non-hydrogen) atoms. The highest BCUT2D eigenvalue weighted by Gasteiger charge is 2.31. The van der Waals surface area contributed by atoms with Crippen molar-refractivity contribution in [2.75, 3.05) is 18.4 Å². The van der Waals surface area contributed by atoms with Crippen LogP contribution in [-0.4, -0.2) is 35.8 Å². The molecule has 0 saturated carbocycles. The van der Waals surface area contributed by atoms with Gasteiger partial charge in [0.25, 0.3) is 5.91 Å². The van der Waals surface area contributed by atoms with Crippen molar-refractivity contribution in [1.29, 1.82) is 0 Å². The first-order valence-electron chi connectivity index (χ1n) is 10.9. The van der Waals surface area contributed by atoms with Gasteiger partial charge in [-0.05, 0) is 66.9 Å². The van der Waals surface area contributed by atoms with Crippen LogP contribution < -0.4 is 10.6 Å². The fraction of sp³-hybridized carbons (Fsp3) is 0.231. The molecule has 3 aromatic rings. The zero-order valence-corrected chi connectivity index (χ0v) is 18.0. The maximum Gasteiger partial charge on any atom is 0.251 e. The van der Waals surface area contributed by atoms with E-state index >= 15 is 0 Å². The number of hydrogen-bond acceptors (Lipinski definition) is 3. The van der Waals surface area contributed by atoms with Crippen LogP contribution in [0.25, 0.3) is 0 Å². The van der Waals surface area contributed by atoms with Crippen molar-refractivity contribution in [1.82, 2.24) is 10.2 Å². The summed E-state index contributed by atoms with van der Waals surface area (Å²) >= 11 is 0. The van der Waals surface area contributed by atoms with Crippen molar-refractivity contribution >= 4 is 17.5 Å². The molecular weight excluding hydrogens is 424 g/mol. The lowest BCUT2D eigenvalue weighted by Gasteiger charge is -2.37. The van der Waals surface area contributed by atoms with E-state index in [-0.39, 0.29) is 29.5 Å². The van der Waals surface area contributed by atoms with Gasteiger partial charge in [-0.2, -0.15) is 0 Å². The van der Waals surface area contributed by atoms with Crippen LogP contribution in [0, 0.1) is 11.6 Å². The largest absolute Gasteiger partial charge is 0.349 e. The molecule has 7 heteroatoms. The summed E-state index contributed by atoms with van der Waals surface area (Å²) in [6.07, 6.45) is 1.36. The van der Waals surface area contributed by atoms with E-state index in [1.807, 2.05) is 30.3 Å². The van der Waals surface area contributed by atoms with E-state index in [0.717, 1.165) is 5.56 Å². The minimum Gasteiger partial charge on any atom is -0.349 e. The average molecular weight is 450 g/mol. The fourth-order valence-electron chi connectivity index (χ4n) is 4.08. The topological polar surface area (TPSA) is 61.4 Å². The third-order valence-corrected chi connectivity index (χ3v) is 5.81. The summed E-state index contributed by atoms with van der Waals surface area (Å²) in [5.41, 5.74) is 1.81. The van der Waals surface area contributed by atoms with Crippen LogP contribution in [0.3, 0.4) is 0 Å². The summed E-state index contributed by atoms with van der Waals surface area (Å²) in [5, 5.41) is 5.89. The van der Waals surface area contributed by atoms with Crippen LogP contribution in [-0.2, 0) is 4.79 Å². The Morgan fingerprint density at radius 3 is 2.00 bits per heavy atom. The summed E-state index contributed by atoms with van der Waals surface area (Å²) in [7, 11) is 0. The number of benzene rings is 3. The third-order valence-electron chi connectivity index (χ3n) is 5.81. The van der Waals surface area contributed by atoms with Gasteiger partial charge in [-0.15, -0.1) is 0 Å². The van der Waals surface area contributed by atoms with Crippen LogP contribution >= 0.6 is 0 Å². The van der Waals surface area contributed by atoms with Crippen molar-refractivity contribution in [3.8, 4) is 0 Å². The first kappa shape index (κ1) is 22.6. The standard InChI is InChI=1S/C26H25F2N3O2/c27-20-8-6-19(7-9-20)25(32)29-23-14-16-31(17-15-23)24(18-4-2-1-3-5-18)26(33)30-22-12-10-21(28)11-13-22/h1-13,23-24H,14-17H2,(H,29,32)(H,30,33). The van der Waals surface area contributed by atoms with Crippen LogP contribution in [0.15, 0.2) is 78.9 Å². The molecule has 1 aliphatic rings. The smallest absolute Gasteiger partial charge is 0.251 e. The van der Waals surface area contributed by atoms with Gasteiger partial charge in [-0.25, -0.2) is 8.78 Å². The van der Waals surface area contributed by atoms with Crippen LogP contribution in [0.5, 0.6) is 0 Å². The predicted octanol–water partition coefficient (Wildman–Crippen LogP) is 4.54. The number of carbonyl (C=O) groups is 2. The number of anilines is 1. The Bertz CT molecular complexity index is 1080. The Kier molecular flexibility index (Phi) is 7.10. The van der Waals surface area contributed by atoms with E-state index in [1.165, 1.54) is 48.5 Å². The number of piperidine rings is 1. The number of halogens is 2. The highest BCUT2D eigenvalue weighted by atomic mass is 19.1. The molecule has 4 rings (SSSR count). The van der Waals surface area contributed by atoms with Crippen LogP contribution in [0.4, 0.5) is 14.5 Å². The van der Waals surface area contributed by atoms with Crippen LogP contribution in [0.2, 0.25) is 0 Å². The van der Waals surface area contributed by atoms with E-state index in [2.05, 4.69) is 15.5 Å². The van der Waals surface area contributed by atoms with E-state index in [4.69, 9.17) is 0 Å². The van der Waals surface area contributed by atoms with Gasteiger partial charge in [0, 0.05) is 30.4 Å². The minimum absolute atomic E-state index is 0.0320. The second-order valence-corrected chi connectivity index (χ2v) is 8.10. The second kappa shape index (κ2) is 10.4. The lowest BCUT2D eigenvalue weighted by atomic mass is 9.98. The van der Waals surface area contributed by atoms with Crippen molar-refractivity contribution in [2.24, 2.45) is 0 Å². The second-order valence-electron chi connectivity index (χ2n) is 8.10. The summed E-state index contributed by atoms with van der Waals surface area (Å²) in [6.45, 7) is 1.23. The quantitative estimate of drug-likeness (QED) is 0.581. The zero-order chi connectivity index (χ0) is 23.2. The lowest BCUT2D eigenvalue weighted by molar-refractivity contribution is -0.122. The molecule has 1 aliphatic heterocycles. The molecule has 0 aromatic heterocycles. The molecule has 0 bridgehead atoms. The Morgan fingerprint density at radius 1 is 0.818 bits per heavy atom. The van der Waals surface area contributed by atoms with E-state index in [0.29, 0.717) is 37.2 Å². The first-order valence-corrected chi connectivity index (χ1v) is 10.9. The predicted molar refractivity (Wildman–Crippen MR) is 123 cm³/mol. The molecule has 1 saturated heterocycles. The number of amides is 2. The Labute approximate surface area is 191 Å². The van der Waals surface area contributed by atoms with Crippen molar-refractivity contribution in [3.63, 3.8) is 0 Å². The number of nitrogens with one attached hydrogen (secondary N) is 2. The molecule has 0 radical (unpaired) electrons. The highest BCUT2D eigenvalue weighted by Crippen LogP contribution is 2.26. The molecule has 1 atom stereocenters. The van der Waals surface area contributed by atoms with Crippen molar-refractivity contribution in [3.05, 3.63) is 102 Å². The minimum atomic E-state index is -0.509. The van der Waals surface area contributed by atoms with Gasteiger partial charge in [-0.3, -0.25) is 14.5 Å². The fourth-order valence-corrected chi connectivity index (χ4v) is 4.08. The highest BCUT2D eigenvalue weighted by molar-refractivity contribution is 5.95. The Morgan fingerprint density at radius 2 is 1.39 bits per heavy atom. The van der Waals surface area contributed by atoms with Gasteiger partial charge in [0.05, 0.1) is 0 Å². The van der Waals surface area contributed by atoms with Crippen molar-refractivity contribution < 1.29 is 18.4 Å². The average Bonchev–Trinajstić information content (AvgIpc) is 2.83. The SMILES string of the molecule is O=C(NC1CCN(C(C(=O)Nc2ccc(F)cc2)c2ccccc2)CC1)c1ccc(F)cc1. The van der Waals surface area contributed by atoms with Gasteiger partial charge < -0.3 is 10.6 Å². The van der Waals surface area contributed by atoms with Gasteiger partial charge in [0.1, 0.15) is 17.7 Å². The summed E-state index contributed by atoms with van der Waals surface area (Å²) in [6, 6.07) is 20.1. The van der Waals surface area contributed by atoms with Crippen molar-refractivity contribution in [2.45, 2.75) is 24.9 Å². The van der Waals surface area contributed by atoms with E-state index in [1.54, 1.807) is 0 Å². The Balaban J connectivity index is 1.42. The lowest BCUT2D eigenvalue weighted by Crippen LogP contribution is -2.48. The third kappa shape index (κ3) is 5.81. The maximum absolute atomic E-state index is 13.2. The maximum atomic E-state index is 13.2. The molecule has 0 spiro atoms. The van der Waals surface area contributed by atoms with E-state index < -0.39 is 6.04 Å². The molecule has 1 fully saturated rings.